The molecule has 0 aliphatic carbocycles. The molecule has 2 unspecified atom stereocenters. The van der Waals surface area contributed by atoms with Crippen LogP contribution in [-0.2, 0) is 20.9 Å². The molecule has 0 bridgehead atoms. The minimum absolute atomic E-state index is 0.186. The SMILES string of the molecule is O=C(Cn1c2c(sc1=O)[C@H](c1cccc(Cl)c1Cl)C1C(=O)N(c3ccc(F)cc3)C(=O)C1S2)Nc1ccc(Cl)c(Cl)c1. The van der Waals surface area contributed by atoms with Crippen LogP contribution in [0.1, 0.15) is 16.4 Å². The first-order chi connectivity index (χ1) is 20.0. The summed E-state index contributed by atoms with van der Waals surface area (Å²) in [4.78, 5) is 55.1. The Labute approximate surface area is 266 Å². The Hall–Kier alpha value is -2.86. The molecule has 3 atom stereocenters. The Balaban J connectivity index is 1.43. The molecule has 2 aliphatic rings. The largest absolute Gasteiger partial charge is 0.324 e. The minimum Gasteiger partial charge on any atom is -0.324 e. The van der Waals surface area contributed by atoms with Gasteiger partial charge < -0.3 is 5.32 Å². The third-order valence-electron chi connectivity index (χ3n) is 6.96. The van der Waals surface area contributed by atoms with Crippen LogP contribution in [0.25, 0.3) is 0 Å². The van der Waals surface area contributed by atoms with E-state index in [1.807, 2.05) is 0 Å². The fraction of sp³-hybridized carbons (Fsp3) is 0.143. The lowest BCUT2D eigenvalue weighted by molar-refractivity contribution is -0.122. The summed E-state index contributed by atoms with van der Waals surface area (Å²) in [6.45, 7) is -0.366. The summed E-state index contributed by atoms with van der Waals surface area (Å²) >= 11 is 26.9. The number of benzene rings is 3. The molecule has 1 N–H and O–H groups in total. The molecule has 1 saturated heterocycles. The van der Waals surface area contributed by atoms with Crippen molar-refractivity contribution in [3.63, 3.8) is 0 Å². The van der Waals surface area contributed by atoms with Gasteiger partial charge in [-0.25, -0.2) is 9.29 Å². The number of thioether (sulfide) groups is 1. The predicted octanol–water partition coefficient (Wildman–Crippen LogP) is 7.10. The smallest absolute Gasteiger partial charge is 0.308 e. The van der Waals surface area contributed by atoms with Crippen molar-refractivity contribution in [1.29, 1.82) is 0 Å². The van der Waals surface area contributed by atoms with Gasteiger partial charge in [-0.2, -0.15) is 0 Å². The van der Waals surface area contributed by atoms with Crippen molar-refractivity contribution in [2.75, 3.05) is 10.2 Å². The predicted molar refractivity (Wildman–Crippen MR) is 164 cm³/mol. The molecule has 214 valence electrons. The zero-order valence-corrected chi connectivity index (χ0v) is 25.6. The number of fused-ring (bicyclic) bond motifs is 2. The quantitative estimate of drug-likeness (QED) is 0.227. The first-order valence-corrected chi connectivity index (χ1v) is 15.5. The van der Waals surface area contributed by atoms with E-state index < -0.39 is 45.5 Å². The average molecular weight is 683 g/mol. The standard InChI is InChI=1S/C28H16Cl4FN3O4S2/c29-16-9-6-13(10-18(16)31)34-19(37)11-35-27-24(42-28(35)40)20(15-2-1-3-17(30)22(15)32)21-23(41-27)26(39)36(25(21)38)14-7-4-12(33)5-8-14/h1-10,20-21,23H,11H2,(H,34,37)/t20-,21?,23?/m1/s1. The van der Waals surface area contributed by atoms with E-state index in [0.29, 0.717) is 26.2 Å². The van der Waals surface area contributed by atoms with E-state index in [1.54, 1.807) is 24.3 Å². The van der Waals surface area contributed by atoms with Crippen molar-refractivity contribution in [3.8, 4) is 0 Å². The fourth-order valence-corrected chi connectivity index (χ4v) is 8.60. The second-order valence-corrected chi connectivity index (χ2v) is 13.2. The molecule has 42 heavy (non-hydrogen) atoms. The Morgan fingerprint density at radius 3 is 2.36 bits per heavy atom. The van der Waals surface area contributed by atoms with E-state index in [4.69, 9.17) is 46.4 Å². The van der Waals surface area contributed by atoms with Gasteiger partial charge in [0, 0.05) is 16.5 Å². The van der Waals surface area contributed by atoms with Gasteiger partial charge in [-0.1, -0.05) is 81.6 Å². The molecular weight excluding hydrogens is 667 g/mol. The summed E-state index contributed by atoms with van der Waals surface area (Å²) in [6.07, 6.45) is 0. The van der Waals surface area contributed by atoms with Crippen LogP contribution in [0.2, 0.25) is 20.1 Å². The number of anilines is 2. The third kappa shape index (κ3) is 5.04. The summed E-state index contributed by atoms with van der Waals surface area (Å²) in [5, 5.41) is 3.11. The number of imide groups is 1. The van der Waals surface area contributed by atoms with Crippen molar-refractivity contribution in [3.05, 3.63) is 107 Å². The summed E-state index contributed by atoms with van der Waals surface area (Å²) in [7, 11) is 0. The summed E-state index contributed by atoms with van der Waals surface area (Å²) in [5.41, 5.74) is 1.07. The number of aromatic nitrogens is 1. The van der Waals surface area contributed by atoms with Crippen molar-refractivity contribution in [1.82, 2.24) is 4.57 Å². The number of nitrogens with zero attached hydrogens (tertiary/aromatic N) is 2. The molecule has 1 aromatic heterocycles. The van der Waals surface area contributed by atoms with Gasteiger partial charge in [-0.3, -0.25) is 23.7 Å². The van der Waals surface area contributed by atoms with E-state index in [9.17, 15) is 23.6 Å². The van der Waals surface area contributed by atoms with Crippen LogP contribution in [0, 0.1) is 11.7 Å². The van der Waals surface area contributed by atoms with E-state index in [2.05, 4.69) is 5.32 Å². The highest BCUT2D eigenvalue weighted by molar-refractivity contribution is 8.00. The molecule has 0 saturated carbocycles. The Morgan fingerprint density at radius 1 is 0.905 bits per heavy atom. The maximum Gasteiger partial charge on any atom is 0.308 e. The molecule has 3 heterocycles. The Kier molecular flexibility index (Phi) is 7.88. The molecule has 2 aliphatic heterocycles. The molecular formula is C28H16Cl4FN3O4S2. The molecule has 7 nitrogen and oxygen atoms in total. The topological polar surface area (TPSA) is 88.5 Å². The molecule has 1 fully saturated rings. The van der Waals surface area contributed by atoms with Crippen LogP contribution in [0.3, 0.4) is 0 Å². The van der Waals surface area contributed by atoms with Crippen LogP contribution in [0.5, 0.6) is 0 Å². The Bertz CT molecular complexity index is 1850. The zero-order valence-electron chi connectivity index (χ0n) is 20.9. The van der Waals surface area contributed by atoms with Gasteiger partial charge in [0.25, 0.3) is 0 Å². The lowest BCUT2D eigenvalue weighted by Crippen LogP contribution is -2.33. The molecule has 4 aromatic rings. The highest BCUT2D eigenvalue weighted by Crippen LogP contribution is 2.55. The summed E-state index contributed by atoms with van der Waals surface area (Å²) in [6, 6.07) is 14.6. The molecule has 0 spiro atoms. The number of thiazole rings is 1. The number of halogens is 5. The monoisotopic (exact) mass is 681 g/mol. The fourth-order valence-electron chi connectivity index (χ4n) is 5.11. The Morgan fingerprint density at radius 2 is 1.64 bits per heavy atom. The van der Waals surface area contributed by atoms with Crippen molar-refractivity contribution < 1.29 is 18.8 Å². The summed E-state index contributed by atoms with van der Waals surface area (Å²) in [5.74, 6) is -3.82. The first-order valence-electron chi connectivity index (χ1n) is 12.3. The number of nitrogens with one attached hydrogen (secondary N) is 1. The summed E-state index contributed by atoms with van der Waals surface area (Å²) < 4.78 is 14.9. The van der Waals surface area contributed by atoms with Gasteiger partial charge in [0.2, 0.25) is 17.7 Å². The van der Waals surface area contributed by atoms with Gasteiger partial charge in [0.05, 0.1) is 36.7 Å². The molecule has 3 amide bonds. The lowest BCUT2D eigenvalue weighted by Gasteiger charge is -2.31. The molecule has 3 aromatic carbocycles. The number of hydrogen-bond donors (Lipinski definition) is 1. The number of hydrogen-bond acceptors (Lipinski definition) is 6. The van der Waals surface area contributed by atoms with Crippen LogP contribution in [0.15, 0.2) is 70.5 Å². The van der Waals surface area contributed by atoms with Crippen molar-refractivity contribution in [2.24, 2.45) is 5.92 Å². The second-order valence-electron chi connectivity index (χ2n) is 9.47. The maximum atomic E-state index is 13.9. The van der Waals surface area contributed by atoms with Gasteiger partial charge >= 0.3 is 4.87 Å². The molecule has 0 radical (unpaired) electrons. The normalized spacial score (nSPS) is 19.5. The number of carbonyl (C=O) groups excluding carboxylic acids is 3. The van der Waals surface area contributed by atoms with Crippen LogP contribution in [0.4, 0.5) is 15.8 Å². The van der Waals surface area contributed by atoms with Crippen molar-refractivity contribution in [2.45, 2.75) is 22.7 Å². The minimum atomic E-state index is -0.950. The van der Waals surface area contributed by atoms with Gasteiger partial charge in [-0.05, 0) is 54.1 Å². The average Bonchev–Trinajstić information content (AvgIpc) is 3.39. The molecule has 14 heteroatoms. The van der Waals surface area contributed by atoms with Gasteiger partial charge in [0.1, 0.15) is 17.6 Å². The second kappa shape index (κ2) is 11.3. The lowest BCUT2D eigenvalue weighted by atomic mass is 9.83. The highest BCUT2D eigenvalue weighted by atomic mass is 35.5. The van der Waals surface area contributed by atoms with Crippen LogP contribution < -0.4 is 15.1 Å². The zero-order chi connectivity index (χ0) is 29.9. The van der Waals surface area contributed by atoms with Gasteiger partial charge in [-0.15, -0.1) is 0 Å². The number of amides is 3. The van der Waals surface area contributed by atoms with Crippen LogP contribution >= 0.6 is 69.5 Å². The molecule has 6 rings (SSSR count). The van der Waals surface area contributed by atoms with Crippen molar-refractivity contribution >= 4 is 98.6 Å². The van der Waals surface area contributed by atoms with E-state index in [-0.39, 0.29) is 27.3 Å². The first kappa shape index (κ1) is 29.2. The third-order valence-corrected chi connectivity index (χ3v) is 11.1. The van der Waals surface area contributed by atoms with E-state index in [0.717, 1.165) is 40.1 Å². The number of rotatable bonds is 5. The van der Waals surface area contributed by atoms with E-state index >= 15 is 0 Å². The maximum absolute atomic E-state index is 13.9. The van der Waals surface area contributed by atoms with E-state index in [1.165, 1.54) is 28.8 Å². The van der Waals surface area contributed by atoms with Gasteiger partial charge in [0.15, 0.2) is 0 Å². The number of carbonyl (C=O) groups is 3. The van der Waals surface area contributed by atoms with Crippen LogP contribution in [-0.4, -0.2) is 27.5 Å². The highest BCUT2D eigenvalue weighted by Gasteiger charge is 2.57.